The standard InChI is InChI=1S/C26H23FN2O3/c1-16(29-14-21(15-29)26(30)31)19-7-8-22(23(27)11-19)24-12-20-10-18(13-28-25(20)32-24)9-17-5-3-2-4-6-17/h2-8,10-13,16,21H,9,14-15H2,1H3,(H,30,31). The van der Waals surface area contributed by atoms with Gasteiger partial charge in [0.05, 0.1) is 11.5 Å². The lowest BCUT2D eigenvalue weighted by molar-refractivity contribution is -0.148. The number of benzene rings is 2. The maximum absolute atomic E-state index is 15.0. The summed E-state index contributed by atoms with van der Waals surface area (Å²) in [5.41, 5.74) is 3.94. The van der Waals surface area contributed by atoms with Crippen LogP contribution >= 0.6 is 0 Å². The van der Waals surface area contributed by atoms with Crippen molar-refractivity contribution >= 4 is 17.1 Å². The molecule has 0 radical (unpaired) electrons. The van der Waals surface area contributed by atoms with Crippen LogP contribution in [0.2, 0.25) is 0 Å². The van der Waals surface area contributed by atoms with Crippen LogP contribution < -0.4 is 0 Å². The third kappa shape index (κ3) is 3.89. The Morgan fingerprint density at radius 2 is 1.94 bits per heavy atom. The van der Waals surface area contributed by atoms with Crippen LogP contribution in [-0.4, -0.2) is 34.0 Å². The Morgan fingerprint density at radius 3 is 2.66 bits per heavy atom. The van der Waals surface area contributed by atoms with Crippen LogP contribution in [0.4, 0.5) is 4.39 Å². The van der Waals surface area contributed by atoms with E-state index in [1.54, 1.807) is 12.3 Å². The molecule has 5 nitrogen and oxygen atoms in total. The van der Waals surface area contributed by atoms with Gasteiger partial charge in [0.25, 0.3) is 0 Å². The van der Waals surface area contributed by atoms with Gasteiger partial charge in [0.1, 0.15) is 11.6 Å². The second-order valence-corrected chi connectivity index (χ2v) is 8.42. The van der Waals surface area contributed by atoms with Crippen molar-refractivity contribution in [2.24, 2.45) is 5.92 Å². The molecule has 6 heteroatoms. The minimum Gasteiger partial charge on any atom is -0.481 e. The average Bonchev–Trinajstić information content (AvgIpc) is 3.16. The highest BCUT2D eigenvalue weighted by Crippen LogP contribution is 2.33. The highest BCUT2D eigenvalue weighted by Gasteiger charge is 2.35. The lowest BCUT2D eigenvalue weighted by Gasteiger charge is -2.41. The third-order valence-corrected chi connectivity index (χ3v) is 6.23. The van der Waals surface area contributed by atoms with E-state index in [1.165, 1.54) is 11.6 Å². The number of halogens is 1. The quantitative estimate of drug-likeness (QED) is 0.450. The summed E-state index contributed by atoms with van der Waals surface area (Å²) in [6.07, 6.45) is 2.56. The molecule has 2 aromatic carbocycles. The van der Waals surface area contributed by atoms with Crippen LogP contribution in [0.25, 0.3) is 22.4 Å². The highest BCUT2D eigenvalue weighted by atomic mass is 19.1. The summed E-state index contributed by atoms with van der Waals surface area (Å²) in [6.45, 7) is 2.94. The number of carbonyl (C=O) groups is 1. The molecular weight excluding hydrogens is 407 g/mol. The summed E-state index contributed by atoms with van der Waals surface area (Å²) in [5.74, 6) is -1.04. The number of hydrogen-bond acceptors (Lipinski definition) is 4. The maximum Gasteiger partial charge on any atom is 0.309 e. The van der Waals surface area contributed by atoms with Gasteiger partial charge in [-0.1, -0.05) is 36.4 Å². The molecule has 3 heterocycles. The molecule has 1 aliphatic heterocycles. The molecule has 0 spiro atoms. The van der Waals surface area contributed by atoms with Crippen molar-refractivity contribution < 1.29 is 18.7 Å². The van der Waals surface area contributed by atoms with Crippen LogP contribution in [0.3, 0.4) is 0 Å². The van der Waals surface area contributed by atoms with Crippen LogP contribution in [0.1, 0.15) is 29.7 Å². The molecule has 2 aromatic heterocycles. The number of likely N-dealkylation sites (tertiary alicyclic amines) is 1. The molecule has 32 heavy (non-hydrogen) atoms. The first-order valence-corrected chi connectivity index (χ1v) is 10.7. The van der Waals surface area contributed by atoms with E-state index in [1.807, 2.05) is 48.2 Å². The summed E-state index contributed by atoms with van der Waals surface area (Å²) in [5, 5.41) is 9.90. The minimum absolute atomic E-state index is 0.0490. The summed E-state index contributed by atoms with van der Waals surface area (Å²) in [4.78, 5) is 17.5. The number of carboxylic acid groups (broad SMARTS) is 1. The Kier molecular flexibility index (Phi) is 5.23. The van der Waals surface area contributed by atoms with Gasteiger partial charge in [-0.15, -0.1) is 0 Å². The van der Waals surface area contributed by atoms with Gasteiger partial charge < -0.3 is 9.52 Å². The highest BCUT2D eigenvalue weighted by molar-refractivity contribution is 5.80. The zero-order valence-corrected chi connectivity index (χ0v) is 17.7. The predicted molar refractivity (Wildman–Crippen MR) is 120 cm³/mol. The number of aromatic nitrogens is 1. The van der Waals surface area contributed by atoms with E-state index in [-0.39, 0.29) is 17.8 Å². The molecule has 1 atom stereocenters. The van der Waals surface area contributed by atoms with Crippen molar-refractivity contribution in [1.29, 1.82) is 0 Å². The number of rotatable bonds is 6. The normalized spacial score (nSPS) is 15.6. The molecule has 0 amide bonds. The first-order chi connectivity index (χ1) is 15.5. The van der Waals surface area contributed by atoms with Crippen LogP contribution in [0.15, 0.2) is 71.3 Å². The predicted octanol–water partition coefficient (Wildman–Crippen LogP) is 5.30. The van der Waals surface area contributed by atoms with Crippen LogP contribution in [0.5, 0.6) is 0 Å². The van der Waals surface area contributed by atoms with Gasteiger partial charge >= 0.3 is 5.97 Å². The van der Waals surface area contributed by atoms with Gasteiger partial charge in [-0.25, -0.2) is 9.37 Å². The summed E-state index contributed by atoms with van der Waals surface area (Å²) < 4.78 is 20.8. The van der Waals surface area contributed by atoms with E-state index >= 15 is 0 Å². The smallest absolute Gasteiger partial charge is 0.309 e. The van der Waals surface area contributed by atoms with Gasteiger partial charge in [0.15, 0.2) is 0 Å². The van der Waals surface area contributed by atoms with Crippen molar-refractivity contribution in [3.05, 3.63) is 89.4 Å². The lowest BCUT2D eigenvalue weighted by Crippen LogP contribution is -2.51. The number of fused-ring (bicyclic) bond motifs is 1. The fourth-order valence-electron chi connectivity index (χ4n) is 4.23. The zero-order chi connectivity index (χ0) is 22.2. The molecule has 1 N–H and O–H groups in total. The molecule has 162 valence electrons. The van der Waals surface area contributed by atoms with Crippen molar-refractivity contribution in [3.8, 4) is 11.3 Å². The van der Waals surface area contributed by atoms with Crippen molar-refractivity contribution in [2.75, 3.05) is 13.1 Å². The second kappa shape index (κ2) is 8.20. The summed E-state index contributed by atoms with van der Waals surface area (Å²) in [6, 6.07) is 19.1. The Morgan fingerprint density at radius 1 is 1.16 bits per heavy atom. The Balaban J connectivity index is 1.36. The van der Waals surface area contributed by atoms with Crippen LogP contribution in [-0.2, 0) is 11.2 Å². The van der Waals surface area contributed by atoms with E-state index in [4.69, 9.17) is 9.52 Å². The van der Waals surface area contributed by atoms with Crippen molar-refractivity contribution in [2.45, 2.75) is 19.4 Å². The monoisotopic (exact) mass is 430 g/mol. The number of carboxylic acids is 1. The van der Waals surface area contributed by atoms with Crippen molar-refractivity contribution in [3.63, 3.8) is 0 Å². The molecule has 1 saturated heterocycles. The SMILES string of the molecule is CC(c1ccc(-c2cc3cc(Cc4ccccc4)cnc3o2)c(F)c1)N1CC(C(=O)O)C1. The van der Waals surface area contributed by atoms with Gasteiger partial charge in [0, 0.05) is 30.7 Å². The topological polar surface area (TPSA) is 66.6 Å². The number of hydrogen-bond donors (Lipinski definition) is 1. The lowest BCUT2D eigenvalue weighted by atomic mass is 9.94. The van der Waals surface area contributed by atoms with E-state index in [0.29, 0.717) is 30.1 Å². The first-order valence-electron chi connectivity index (χ1n) is 10.7. The van der Waals surface area contributed by atoms with E-state index < -0.39 is 5.97 Å². The van der Waals surface area contributed by atoms with Gasteiger partial charge in [-0.05, 0) is 54.3 Å². The number of pyridine rings is 1. The van der Waals surface area contributed by atoms with Gasteiger partial charge in [0.2, 0.25) is 5.71 Å². The van der Waals surface area contributed by atoms with E-state index in [9.17, 15) is 9.18 Å². The van der Waals surface area contributed by atoms with Crippen LogP contribution in [0, 0.1) is 11.7 Å². The number of furan rings is 1. The molecular formula is C26H23FN2O3. The first kappa shape index (κ1) is 20.4. The Labute approximate surface area is 185 Å². The van der Waals surface area contributed by atoms with E-state index in [2.05, 4.69) is 17.1 Å². The molecule has 0 aliphatic carbocycles. The fraction of sp³-hybridized carbons (Fsp3) is 0.231. The number of aliphatic carboxylic acids is 1. The molecule has 1 aliphatic rings. The summed E-state index contributed by atoms with van der Waals surface area (Å²) >= 11 is 0. The molecule has 4 aromatic rings. The Bertz CT molecular complexity index is 1280. The fourth-order valence-corrected chi connectivity index (χ4v) is 4.23. The van der Waals surface area contributed by atoms with E-state index in [0.717, 1.165) is 22.9 Å². The minimum atomic E-state index is -0.777. The molecule has 1 fully saturated rings. The zero-order valence-electron chi connectivity index (χ0n) is 17.7. The second-order valence-electron chi connectivity index (χ2n) is 8.42. The van der Waals surface area contributed by atoms with Crippen molar-refractivity contribution in [1.82, 2.24) is 9.88 Å². The maximum atomic E-state index is 15.0. The molecule has 0 saturated carbocycles. The van der Waals surface area contributed by atoms with Gasteiger partial charge in [-0.3, -0.25) is 9.69 Å². The average molecular weight is 430 g/mol. The largest absolute Gasteiger partial charge is 0.481 e. The molecule has 0 bridgehead atoms. The number of nitrogens with zero attached hydrogens (tertiary/aromatic N) is 2. The molecule has 1 unspecified atom stereocenters. The van der Waals surface area contributed by atoms with Gasteiger partial charge in [-0.2, -0.15) is 0 Å². The summed E-state index contributed by atoms with van der Waals surface area (Å²) in [7, 11) is 0. The Hall–Kier alpha value is -3.51. The third-order valence-electron chi connectivity index (χ3n) is 6.23. The molecule has 5 rings (SSSR count).